The molecule has 7 nitrogen and oxygen atoms in total. The number of likely N-dealkylation sites (tertiary alicyclic amines) is 1. The Kier molecular flexibility index (Phi) is 4.43. The summed E-state index contributed by atoms with van der Waals surface area (Å²) in [7, 11) is 1.52. The van der Waals surface area contributed by atoms with Crippen LogP contribution in [0.15, 0.2) is 42.6 Å². The van der Waals surface area contributed by atoms with E-state index in [2.05, 4.69) is 10.3 Å². The predicted octanol–water partition coefficient (Wildman–Crippen LogP) is 1.89. The number of aromatic nitrogens is 1. The zero-order valence-corrected chi connectivity index (χ0v) is 15.1. The predicted molar refractivity (Wildman–Crippen MR) is 98.1 cm³/mol. The molecule has 2 aromatic rings. The van der Waals surface area contributed by atoms with E-state index in [0.29, 0.717) is 42.4 Å². The standard InChI is InChI=1S/C20H21N3O4/c1-26-17-11-14(7-9-21-17)19(25)23-10-4-8-20(13-23)12-22-18(24)15-5-2-3-6-16(15)27-20/h2-3,5-7,9,11H,4,8,10,12-13H2,1H3,(H,22,24). The van der Waals surface area contributed by atoms with E-state index in [1.807, 2.05) is 12.1 Å². The van der Waals surface area contributed by atoms with Crippen LogP contribution in [0.4, 0.5) is 0 Å². The van der Waals surface area contributed by atoms with Crippen molar-refractivity contribution in [2.45, 2.75) is 18.4 Å². The molecule has 2 amide bonds. The maximum atomic E-state index is 13.0. The lowest BCUT2D eigenvalue weighted by Crippen LogP contribution is -2.57. The van der Waals surface area contributed by atoms with E-state index < -0.39 is 5.60 Å². The van der Waals surface area contributed by atoms with Crippen LogP contribution >= 0.6 is 0 Å². The number of methoxy groups -OCH3 is 1. The van der Waals surface area contributed by atoms with Crippen molar-refractivity contribution in [1.29, 1.82) is 0 Å². The molecule has 4 rings (SSSR count). The summed E-state index contributed by atoms with van der Waals surface area (Å²) in [6.07, 6.45) is 3.13. The van der Waals surface area contributed by atoms with Gasteiger partial charge in [0.05, 0.1) is 25.8 Å². The minimum atomic E-state index is -0.632. The van der Waals surface area contributed by atoms with Gasteiger partial charge in [-0.05, 0) is 31.0 Å². The first-order valence-corrected chi connectivity index (χ1v) is 8.96. The zero-order valence-electron chi connectivity index (χ0n) is 15.1. The summed E-state index contributed by atoms with van der Waals surface area (Å²) in [4.78, 5) is 31.2. The lowest BCUT2D eigenvalue weighted by atomic mass is 9.92. The Labute approximate surface area is 157 Å². The monoisotopic (exact) mass is 367 g/mol. The number of nitrogens with one attached hydrogen (secondary N) is 1. The van der Waals surface area contributed by atoms with Crippen molar-refractivity contribution in [2.24, 2.45) is 0 Å². The van der Waals surface area contributed by atoms with Crippen LogP contribution in [0.5, 0.6) is 11.6 Å². The van der Waals surface area contributed by atoms with E-state index in [0.717, 1.165) is 12.8 Å². The highest BCUT2D eigenvalue weighted by Gasteiger charge is 2.42. The molecule has 1 fully saturated rings. The number of amides is 2. The molecule has 1 atom stereocenters. The molecule has 2 aliphatic rings. The van der Waals surface area contributed by atoms with Crippen LogP contribution < -0.4 is 14.8 Å². The van der Waals surface area contributed by atoms with Crippen LogP contribution in [0.2, 0.25) is 0 Å². The number of benzene rings is 1. The third kappa shape index (κ3) is 3.32. The number of pyridine rings is 1. The fourth-order valence-electron chi connectivity index (χ4n) is 3.68. The second kappa shape index (κ2) is 6.90. The van der Waals surface area contributed by atoms with E-state index in [4.69, 9.17) is 9.47 Å². The van der Waals surface area contributed by atoms with Gasteiger partial charge in [0.2, 0.25) is 5.88 Å². The summed E-state index contributed by atoms with van der Waals surface area (Å²) in [6.45, 7) is 1.42. The molecule has 1 N–H and O–H groups in total. The molecule has 0 aliphatic carbocycles. The summed E-state index contributed by atoms with van der Waals surface area (Å²) in [5.74, 6) is 0.721. The number of piperidine rings is 1. The van der Waals surface area contributed by atoms with Crippen LogP contribution in [0.25, 0.3) is 0 Å². The first kappa shape index (κ1) is 17.3. The van der Waals surface area contributed by atoms with Crippen molar-refractivity contribution in [3.05, 3.63) is 53.7 Å². The molecule has 7 heteroatoms. The molecular formula is C20H21N3O4. The second-order valence-corrected chi connectivity index (χ2v) is 6.88. The fourth-order valence-corrected chi connectivity index (χ4v) is 3.68. The average molecular weight is 367 g/mol. The SMILES string of the molecule is COc1cc(C(=O)N2CCCC3(CNC(=O)c4ccccc4O3)C2)ccn1. The number of carbonyl (C=O) groups is 2. The number of hydrogen-bond acceptors (Lipinski definition) is 5. The first-order chi connectivity index (χ1) is 13.1. The summed E-state index contributed by atoms with van der Waals surface area (Å²) < 4.78 is 11.4. The van der Waals surface area contributed by atoms with Crippen LogP contribution in [0, 0.1) is 0 Å². The summed E-state index contributed by atoms with van der Waals surface area (Å²) in [5, 5.41) is 2.95. The van der Waals surface area contributed by atoms with Gasteiger partial charge in [-0.2, -0.15) is 0 Å². The van der Waals surface area contributed by atoms with Crippen LogP contribution in [0.1, 0.15) is 33.6 Å². The highest BCUT2D eigenvalue weighted by atomic mass is 16.5. The Bertz CT molecular complexity index is 885. The molecule has 0 saturated carbocycles. The lowest BCUT2D eigenvalue weighted by Gasteiger charge is -2.42. The zero-order chi connectivity index (χ0) is 18.9. The molecule has 1 saturated heterocycles. The smallest absolute Gasteiger partial charge is 0.255 e. The minimum Gasteiger partial charge on any atom is -0.483 e. The van der Waals surface area contributed by atoms with Crippen LogP contribution in [-0.4, -0.2) is 54.0 Å². The van der Waals surface area contributed by atoms with Gasteiger partial charge in [-0.3, -0.25) is 9.59 Å². The van der Waals surface area contributed by atoms with Gasteiger partial charge in [-0.25, -0.2) is 4.98 Å². The molecular weight excluding hydrogens is 346 g/mol. The van der Waals surface area contributed by atoms with Gasteiger partial charge in [0.15, 0.2) is 0 Å². The van der Waals surface area contributed by atoms with Gasteiger partial charge in [0.1, 0.15) is 11.4 Å². The van der Waals surface area contributed by atoms with Crippen molar-refractivity contribution in [2.75, 3.05) is 26.7 Å². The first-order valence-electron chi connectivity index (χ1n) is 8.96. The Morgan fingerprint density at radius 3 is 3.04 bits per heavy atom. The van der Waals surface area contributed by atoms with Gasteiger partial charge in [0, 0.05) is 24.4 Å². The minimum absolute atomic E-state index is 0.0952. The summed E-state index contributed by atoms with van der Waals surface area (Å²) in [5.41, 5.74) is 0.418. The van der Waals surface area contributed by atoms with Crippen molar-refractivity contribution in [3.63, 3.8) is 0 Å². The summed E-state index contributed by atoms with van der Waals surface area (Å²) >= 11 is 0. The van der Waals surface area contributed by atoms with Crippen LogP contribution in [-0.2, 0) is 0 Å². The normalized spacial score (nSPS) is 21.7. The van der Waals surface area contributed by atoms with E-state index in [1.54, 1.807) is 35.4 Å². The Balaban J connectivity index is 1.59. The fraction of sp³-hybridized carbons (Fsp3) is 0.350. The van der Waals surface area contributed by atoms with E-state index in [1.165, 1.54) is 7.11 Å². The molecule has 0 bridgehead atoms. The Morgan fingerprint density at radius 2 is 2.19 bits per heavy atom. The third-order valence-corrected chi connectivity index (χ3v) is 5.05. The van der Waals surface area contributed by atoms with Gasteiger partial charge in [-0.15, -0.1) is 0 Å². The maximum Gasteiger partial charge on any atom is 0.255 e. The van der Waals surface area contributed by atoms with Crippen molar-refractivity contribution in [1.82, 2.24) is 15.2 Å². The number of rotatable bonds is 2. The summed E-state index contributed by atoms with van der Waals surface area (Å²) in [6, 6.07) is 10.5. The van der Waals surface area contributed by atoms with Crippen molar-refractivity contribution >= 4 is 11.8 Å². The Morgan fingerprint density at radius 1 is 1.33 bits per heavy atom. The second-order valence-electron chi connectivity index (χ2n) is 6.88. The number of nitrogens with zero attached hydrogens (tertiary/aromatic N) is 2. The molecule has 140 valence electrons. The molecule has 1 unspecified atom stereocenters. The molecule has 1 aromatic heterocycles. The topological polar surface area (TPSA) is 80.8 Å². The number of carbonyl (C=O) groups excluding carboxylic acids is 2. The van der Waals surface area contributed by atoms with Gasteiger partial charge >= 0.3 is 0 Å². The average Bonchev–Trinajstić information content (AvgIpc) is 2.84. The van der Waals surface area contributed by atoms with Crippen molar-refractivity contribution in [3.8, 4) is 11.6 Å². The largest absolute Gasteiger partial charge is 0.483 e. The number of para-hydroxylation sites is 1. The highest BCUT2D eigenvalue weighted by Crippen LogP contribution is 2.32. The molecule has 3 heterocycles. The quantitative estimate of drug-likeness (QED) is 0.877. The maximum absolute atomic E-state index is 13.0. The van der Waals surface area contributed by atoms with Gasteiger partial charge in [0.25, 0.3) is 11.8 Å². The van der Waals surface area contributed by atoms with E-state index >= 15 is 0 Å². The van der Waals surface area contributed by atoms with E-state index in [9.17, 15) is 9.59 Å². The lowest BCUT2D eigenvalue weighted by molar-refractivity contribution is -0.000874. The molecule has 0 radical (unpaired) electrons. The van der Waals surface area contributed by atoms with Crippen molar-refractivity contribution < 1.29 is 19.1 Å². The molecule has 27 heavy (non-hydrogen) atoms. The molecule has 2 aliphatic heterocycles. The number of ether oxygens (including phenoxy) is 2. The molecule has 1 spiro atoms. The third-order valence-electron chi connectivity index (χ3n) is 5.05. The highest BCUT2D eigenvalue weighted by molar-refractivity contribution is 5.97. The van der Waals surface area contributed by atoms with Crippen LogP contribution in [0.3, 0.4) is 0 Å². The number of fused-ring (bicyclic) bond motifs is 1. The van der Waals surface area contributed by atoms with Gasteiger partial charge in [-0.1, -0.05) is 12.1 Å². The van der Waals surface area contributed by atoms with E-state index in [-0.39, 0.29) is 11.8 Å². The Hall–Kier alpha value is -3.09. The number of hydrogen-bond donors (Lipinski definition) is 1. The molecule has 1 aromatic carbocycles. The van der Waals surface area contributed by atoms with Gasteiger partial charge < -0.3 is 19.7 Å².